The Kier molecular flexibility index (Phi) is 5.03. The van der Waals surface area contributed by atoms with E-state index in [1.165, 1.54) is 79.3 Å². The van der Waals surface area contributed by atoms with Crippen molar-refractivity contribution in [3.63, 3.8) is 0 Å². The van der Waals surface area contributed by atoms with Crippen LogP contribution in [0.3, 0.4) is 0 Å². The van der Waals surface area contributed by atoms with Gasteiger partial charge in [0.2, 0.25) is 0 Å². The molecule has 0 saturated carbocycles. The molecule has 1 aliphatic carbocycles. The molecule has 174 valence electrons. The van der Waals surface area contributed by atoms with Crippen LogP contribution in [0, 0.1) is 0 Å². The van der Waals surface area contributed by atoms with E-state index in [9.17, 15) is 0 Å². The van der Waals surface area contributed by atoms with Gasteiger partial charge in [-0.2, -0.15) is 0 Å². The highest BCUT2D eigenvalue weighted by Gasteiger charge is 2.19. The van der Waals surface area contributed by atoms with Crippen molar-refractivity contribution in [3.05, 3.63) is 126 Å². The number of benzene rings is 5. The fourth-order valence-corrected chi connectivity index (χ4v) is 6.02. The average Bonchev–Trinajstić information content (AvgIpc) is 3.47. The SMILES string of the molecule is CCCCc1ccccc1-n1c2ccccc2c2cc(-c3ccc4c(c3)-c3ccccc3C4)ccc21. The van der Waals surface area contributed by atoms with Gasteiger partial charge in [-0.15, -0.1) is 0 Å². The van der Waals surface area contributed by atoms with Crippen LogP contribution in [0.15, 0.2) is 109 Å². The van der Waals surface area contributed by atoms with Crippen LogP contribution >= 0.6 is 0 Å². The molecule has 0 amide bonds. The maximum absolute atomic E-state index is 2.47. The number of rotatable bonds is 5. The highest BCUT2D eigenvalue weighted by Crippen LogP contribution is 2.40. The zero-order valence-electron chi connectivity index (χ0n) is 20.7. The Morgan fingerprint density at radius 1 is 0.611 bits per heavy atom. The maximum Gasteiger partial charge on any atom is 0.0541 e. The van der Waals surface area contributed by atoms with Crippen LogP contribution in [0.4, 0.5) is 0 Å². The minimum atomic E-state index is 1.04. The molecule has 0 bridgehead atoms. The van der Waals surface area contributed by atoms with Crippen molar-refractivity contribution in [2.75, 3.05) is 0 Å². The first-order chi connectivity index (χ1) is 17.8. The van der Waals surface area contributed by atoms with E-state index >= 15 is 0 Å². The number of fused-ring (bicyclic) bond motifs is 6. The molecular formula is C35H29N. The lowest BCUT2D eigenvalue weighted by Crippen LogP contribution is -1.99. The third kappa shape index (κ3) is 3.31. The highest BCUT2D eigenvalue weighted by atomic mass is 15.0. The molecule has 1 heteroatoms. The van der Waals surface area contributed by atoms with Crippen molar-refractivity contribution < 1.29 is 0 Å². The van der Waals surface area contributed by atoms with Crippen LogP contribution in [0.5, 0.6) is 0 Å². The summed E-state index contributed by atoms with van der Waals surface area (Å²) >= 11 is 0. The molecule has 1 aromatic heterocycles. The van der Waals surface area contributed by atoms with E-state index in [2.05, 4.69) is 121 Å². The van der Waals surface area contributed by atoms with Crippen LogP contribution < -0.4 is 0 Å². The van der Waals surface area contributed by atoms with Gasteiger partial charge in [-0.05, 0) is 88.5 Å². The Bertz CT molecular complexity index is 1750. The molecule has 0 saturated heterocycles. The van der Waals surface area contributed by atoms with E-state index in [0.717, 1.165) is 12.8 Å². The lowest BCUT2D eigenvalue weighted by Gasteiger charge is -2.13. The van der Waals surface area contributed by atoms with E-state index in [4.69, 9.17) is 0 Å². The number of aryl methyl sites for hydroxylation is 1. The summed E-state index contributed by atoms with van der Waals surface area (Å²) in [5.41, 5.74) is 13.5. The Balaban J connectivity index is 1.41. The van der Waals surface area contributed by atoms with Gasteiger partial charge in [-0.3, -0.25) is 0 Å². The zero-order valence-corrected chi connectivity index (χ0v) is 20.7. The largest absolute Gasteiger partial charge is 0.309 e. The maximum atomic E-state index is 2.47. The minimum absolute atomic E-state index is 1.04. The summed E-state index contributed by atoms with van der Waals surface area (Å²) in [5, 5.41) is 2.63. The number of hydrogen-bond donors (Lipinski definition) is 0. The Hall–Kier alpha value is -4.10. The van der Waals surface area contributed by atoms with Crippen LogP contribution in [-0.2, 0) is 12.8 Å². The van der Waals surface area contributed by atoms with Gasteiger partial charge in [0, 0.05) is 16.5 Å². The van der Waals surface area contributed by atoms with Gasteiger partial charge in [-0.25, -0.2) is 0 Å². The summed E-state index contributed by atoms with van der Waals surface area (Å²) in [6, 6.07) is 40.6. The Morgan fingerprint density at radius 3 is 2.28 bits per heavy atom. The van der Waals surface area contributed by atoms with Crippen LogP contribution in [0.25, 0.3) is 49.7 Å². The summed E-state index contributed by atoms with van der Waals surface area (Å²) < 4.78 is 2.47. The Morgan fingerprint density at radius 2 is 1.33 bits per heavy atom. The molecule has 0 unspecified atom stereocenters. The molecular weight excluding hydrogens is 434 g/mol. The van der Waals surface area contributed by atoms with Gasteiger partial charge in [0.15, 0.2) is 0 Å². The first-order valence-electron chi connectivity index (χ1n) is 13.1. The summed E-state index contributed by atoms with van der Waals surface area (Å²) in [6.45, 7) is 2.27. The molecule has 36 heavy (non-hydrogen) atoms. The highest BCUT2D eigenvalue weighted by molar-refractivity contribution is 6.10. The normalized spacial score (nSPS) is 12.2. The number of aromatic nitrogens is 1. The van der Waals surface area contributed by atoms with Crippen molar-refractivity contribution >= 4 is 21.8 Å². The molecule has 0 spiro atoms. The topological polar surface area (TPSA) is 4.93 Å². The van der Waals surface area contributed by atoms with Crippen molar-refractivity contribution in [3.8, 4) is 27.9 Å². The van der Waals surface area contributed by atoms with E-state index in [1.807, 2.05) is 0 Å². The number of unbranched alkanes of at least 4 members (excludes halogenated alkanes) is 1. The number of nitrogens with zero attached hydrogens (tertiary/aromatic N) is 1. The van der Waals surface area contributed by atoms with Gasteiger partial charge in [0.05, 0.1) is 11.0 Å². The van der Waals surface area contributed by atoms with E-state index in [0.29, 0.717) is 0 Å². The molecule has 0 aliphatic heterocycles. The van der Waals surface area contributed by atoms with E-state index in [-0.39, 0.29) is 0 Å². The summed E-state index contributed by atoms with van der Waals surface area (Å²) in [7, 11) is 0. The van der Waals surface area contributed by atoms with E-state index < -0.39 is 0 Å². The predicted octanol–water partition coefficient (Wildman–Crippen LogP) is 9.36. The van der Waals surface area contributed by atoms with Gasteiger partial charge < -0.3 is 4.57 Å². The second kappa shape index (κ2) is 8.53. The molecule has 1 aliphatic rings. The lowest BCUT2D eigenvalue weighted by molar-refractivity contribution is 0.791. The van der Waals surface area contributed by atoms with E-state index in [1.54, 1.807) is 0 Å². The third-order valence-electron chi connectivity index (χ3n) is 7.84. The second-order valence-corrected chi connectivity index (χ2v) is 10.0. The molecule has 0 fully saturated rings. The fraction of sp³-hybridized carbons (Fsp3) is 0.143. The van der Waals surface area contributed by atoms with Crippen molar-refractivity contribution in [1.29, 1.82) is 0 Å². The van der Waals surface area contributed by atoms with Gasteiger partial charge in [0.25, 0.3) is 0 Å². The summed E-state index contributed by atoms with van der Waals surface area (Å²) in [4.78, 5) is 0. The van der Waals surface area contributed by atoms with Crippen LogP contribution in [-0.4, -0.2) is 4.57 Å². The first-order valence-corrected chi connectivity index (χ1v) is 13.1. The molecule has 0 atom stereocenters. The van der Waals surface area contributed by atoms with Crippen molar-refractivity contribution in [1.82, 2.24) is 4.57 Å². The molecule has 6 aromatic rings. The Labute approximate surface area is 212 Å². The number of para-hydroxylation sites is 2. The van der Waals surface area contributed by atoms with Crippen molar-refractivity contribution in [2.45, 2.75) is 32.6 Å². The minimum Gasteiger partial charge on any atom is -0.309 e. The second-order valence-electron chi connectivity index (χ2n) is 10.0. The zero-order chi connectivity index (χ0) is 24.1. The van der Waals surface area contributed by atoms with Gasteiger partial charge >= 0.3 is 0 Å². The standard InChI is InChI=1S/C35H29N/c1-2-3-10-24-11-5-8-15-33(24)36-34-16-9-7-14-30(34)32-23-26(19-20-35(32)36)25-17-18-28-21-27-12-4-6-13-29(27)31(28)22-25/h4-9,11-20,22-23H,2-3,10,21H2,1H3. The summed E-state index contributed by atoms with van der Waals surface area (Å²) in [5.74, 6) is 0. The molecule has 0 radical (unpaired) electrons. The average molecular weight is 464 g/mol. The van der Waals surface area contributed by atoms with Crippen LogP contribution in [0.1, 0.15) is 36.5 Å². The van der Waals surface area contributed by atoms with Gasteiger partial charge in [-0.1, -0.05) is 92.2 Å². The molecule has 1 nitrogen and oxygen atoms in total. The molecule has 5 aromatic carbocycles. The third-order valence-corrected chi connectivity index (χ3v) is 7.84. The smallest absolute Gasteiger partial charge is 0.0541 e. The number of hydrogen-bond acceptors (Lipinski definition) is 0. The molecule has 0 N–H and O–H groups in total. The fourth-order valence-electron chi connectivity index (χ4n) is 6.02. The molecule has 7 rings (SSSR count). The quantitative estimate of drug-likeness (QED) is 0.240. The van der Waals surface area contributed by atoms with Crippen molar-refractivity contribution in [2.24, 2.45) is 0 Å². The monoisotopic (exact) mass is 463 g/mol. The lowest BCUT2D eigenvalue weighted by atomic mass is 9.97. The predicted molar refractivity (Wildman–Crippen MR) is 153 cm³/mol. The van der Waals surface area contributed by atoms with Gasteiger partial charge in [0.1, 0.15) is 0 Å². The summed E-state index contributed by atoms with van der Waals surface area (Å²) in [6.07, 6.45) is 4.56. The molecule has 1 heterocycles. The van der Waals surface area contributed by atoms with Crippen LogP contribution in [0.2, 0.25) is 0 Å². The first kappa shape index (κ1) is 21.2.